The highest BCUT2D eigenvalue weighted by Crippen LogP contribution is 2.28. The standard InChI is InChI=1S/C16H10F4O2/c1-2-15(21)22-8-9-3-10(5-11(17)4-9)16-13(19)6-12(18)7-14(16)20/h2-7H,1,8H2. The molecule has 0 saturated heterocycles. The molecule has 0 unspecified atom stereocenters. The van der Waals surface area contributed by atoms with Crippen LogP contribution in [0.3, 0.4) is 0 Å². The van der Waals surface area contributed by atoms with E-state index in [-0.39, 0.29) is 17.7 Å². The van der Waals surface area contributed by atoms with Gasteiger partial charge in [-0.3, -0.25) is 0 Å². The van der Waals surface area contributed by atoms with E-state index in [0.717, 1.165) is 18.2 Å². The fraction of sp³-hybridized carbons (Fsp3) is 0.0625. The molecule has 0 bridgehead atoms. The van der Waals surface area contributed by atoms with Gasteiger partial charge in [-0.15, -0.1) is 0 Å². The Labute approximate surface area is 123 Å². The quantitative estimate of drug-likeness (QED) is 0.482. The molecule has 0 heterocycles. The van der Waals surface area contributed by atoms with Crippen LogP contribution in [-0.4, -0.2) is 5.97 Å². The van der Waals surface area contributed by atoms with Crippen LogP contribution < -0.4 is 0 Å². The van der Waals surface area contributed by atoms with E-state index in [2.05, 4.69) is 6.58 Å². The molecule has 6 heteroatoms. The highest BCUT2D eigenvalue weighted by molar-refractivity contribution is 5.81. The zero-order valence-electron chi connectivity index (χ0n) is 11.2. The smallest absolute Gasteiger partial charge is 0.330 e. The van der Waals surface area contributed by atoms with Crippen molar-refractivity contribution in [3.63, 3.8) is 0 Å². The van der Waals surface area contributed by atoms with Crippen LogP contribution in [0.2, 0.25) is 0 Å². The zero-order valence-corrected chi connectivity index (χ0v) is 11.2. The van der Waals surface area contributed by atoms with Crippen LogP contribution >= 0.6 is 0 Å². The van der Waals surface area contributed by atoms with Gasteiger partial charge < -0.3 is 4.74 Å². The summed E-state index contributed by atoms with van der Waals surface area (Å²) >= 11 is 0. The maximum atomic E-state index is 13.7. The van der Waals surface area contributed by atoms with Gasteiger partial charge in [-0.1, -0.05) is 6.58 Å². The van der Waals surface area contributed by atoms with Gasteiger partial charge in [0.1, 0.15) is 29.9 Å². The first kappa shape index (κ1) is 15.8. The summed E-state index contributed by atoms with van der Waals surface area (Å²) in [6.45, 7) is 2.91. The summed E-state index contributed by atoms with van der Waals surface area (Å²) in [4.78, 5) is 11.0. The Bertz CT molecular complexity index is 718. The second kappa shape index (κ2) is 6.43. The Morgan fingerprint density at radius 3 is 2.18 bits per heavy atom. The number of hydrogen-bond donors (Lipinski definition) is 0. The number of ether oxygens (including phenoxy) is 1. The fourth-order valence-electron chi connectivity index (χ4n) is 1.91. The molecule has 2 aromatic rings. The first-order valence-electron chi connectivity index (χ1n) is 6.14. The number of halogens is 4. The van der Waals surface area contributed by atoms with E-state index in [0.29, 0.717) is 12.1 Å². The number of carbonyl (C=O) groups is 1. The molecule has 0 radical (unpaired) electrons. The highest BCUT2D eigenvalue weighted by atomic mass is 19.1. The summed E-state index contributed by atoms with van der Waals surface area (Å²) in [5, 5.41) is 0. The van der Waals surface area contributed by atoms with E-state index >= 15 is 0 Å². The largest absolute Gasteiger partial charge is 0.458 e. The van der Waals surface area contributed by atoms with E-state index in [1.54, 1.807) is 0 Å². The van der Waals surface area contributed by atoms with Gasteiger partial charge in [0.05, 0.1) is 5.56 Å². The lowest BCUT2D eigenvalue weighted by Crippen LogP contribution is -2.01. The molecule has 0 N–H and O–H groups in total. The van der Waals surface area contributed by atoms with Crippen LogP contribution in [0.15, 0.2) is 43.0 Å². The van der Waals surface area contributed by atoms with Crippen LogP contribution in [0, 0.1) is 23.3 Å². The Hall–Kier alpha value is -2.63. The maximum Gasteiger partial charge on any atom is 0.330 e. The highest BCUT2D eigenvalue weighted by Gasteiger charge is 2.15. The van der Waals surface area contributed by atoms with Gasteiger partial charge in [0.2, 0.25) is 0 Å². The van der Waals surface area contributed by atoms with Crippen molar-refractivity contribution < 1.29 is 27.1 Å². The van der Waals surface area contributed by atoms with Crippen LogP contribution in [0.1, 0.15) is 5.56 Å². The van der Waals surface area contributed by atoms with Gasteiger partial charge in [-0.05, 0) is 29.3 Å². The predicted octanol–water partition coefficient (Wildman–Crippen LogP) is 4.14. The first-order chi connectivity index (χ1) is 10.4. The van der Waals surface area contributed by atoms with Crippen LogP contribution in [0.5, 0.6) is 0 Å². The van der Waals surface area contributed by atoms with Crippen LogP contribution in [-0.2, 0) is 16.1 Å². The van der Waals surface area contributed by atoms with Crippen molar-refractivity contribution in [2.45, 2.75) is 6.61 Å². The molecule has 0 aromatic heterocycles. The molecular weight excluding hydrogens is 300 g/mol. The molecule has 0 amide bonds. The Morgan fingerprint density at radius 1 is 1.00 bits per heavy atom. The molecule has 114 valence electrons. The second-order valence-electron chi connectivity index (χ2n) is 4.40. The normalized spacial score (nSPS) is 10.4. The van der Waals surface area contributed by atoms with Gasteiger partial charge in [-0.2, -0.15) is 0 Å². The van der Waals surface area contributed by atoms with E-state index in [4.69, 9.17) is 4.74 Å². The van der Waals surface area contributed by atoms with E-state index < -0.39 is 34.8 Å². The molecule has 0 atom stereocenters. The van der Waals surface area contributed by atoms with Gasteiger partial charge in [0, 0.05) is 18.2 Å². The molecule has 2 nitrogen and oxygen atoms in total. The molecular formula is C16H10F4O2. The second-order valence-corrected chi connectivity index (χ2v) is 4.40. The average molecular weight is 310 g/mol. The summed E-state index contributed by atoms with van der Waals surface area (Å²) < 4.78 is 58.7. The van der Waals surface area contributed by atoms with Crippen molar-refractivity contribution >= 4 is 5.97 Å². The lowest BCUT2D eigenvalue weighted by Gasteiger charge is -2.09. The Balaban J connectivity index is 2.42. The first-order valence-corrected chi connectivity index (χ1v) is 6.14. The number of esters is 1. The van der Waals surface area contributed by atoms with Gasteiger partial charge >= 0.3 is 5.97 Å². The molecule has 2 aromatic carbocycles. The number of hydrogen-bond acceptors (Lipinski definition) is 2. The third kappa shape index (κ3) is 3.52. The molecule has 0 aliphatic rings. The number of carbonyl (C=O) groups excluding carboxylic acids is 1. The van der Waals surface area contributed by atoms with Crippen molar-refractivity contribution in [2.75, 3.05) is 0 Å². The van der Waals surface area contributed by atoms with E-state index in [1.807, 2.05) is 0 Å². The Morgan fingerprint density at radius 2 is 1.59 bits per heavy atom. The van der Waals surface area contributed by atoms with Crippen LogP contribution in [0.25, 0.3) is 11.1 Å². The monoisotopic (exact) mass is 310 g/mol. The summed E-state index contributed by atoms with van der Waals surface area (Å²) in [6.07, 6.45) is 0.930. The third-order valence-corrected chi connectivity index (χ3v) is 2.80. The number of rotatable bonds is 4. The molecule has 0 saturated carbocycles. The fourth-order valence-corrected chi connectivity index (χ4v) is 1.91. The minimum Gasteiger partial charge on any atom is -0.458 e. The topological polar surface area (TPSA) is 26.3 Å². The minimum atomic E-state index is -1.16. The minimum absolute atomic E-state index is 0.125. The van der Waals surface area contributed by atoms with Gasteiger partial charge in [-0.25, -0.2) is 22.4 Å². The molecule has 0 aliphatic carbocycles. The Kier molecular flexibility index (Phi) is 4.60. The third-order valence-electron chi connectivity index (χ3n) is 2.80. The number of benzene rings is 2. The summed E-state index contributed by atoms with van der Waals surface area (Å²) in [7, 11) is 0. The average Bonchev–Trinajstić information content (AvgIpc) is 2.43. The summed E-state index contributed by atoms with van der Waals surface area (Å²) in [5.41, 5.74) is -0.495. The van der Waals surface area contributed by atoms with E-state index in [9.17, 15) is 22.4 Å². The van der Waals surface area contributed by atoms with Crippen molar-refractivity contribution in [1.82, 2.24) is 0 Å². The van der Waals surface area contributed by atoms with Gasteiger partial charge in [0.25, 0.3) is 0 Å². The van der Waals surface area contributed by atoms with Crippen molar-refractivity contribution in [3.8, 4) is 11.1 Å². The molecule has 0 fully saturated rings. The SMILES string of the molecule is C=CC(=O)OCc1cc(F)cc(-c2c(F)cc(F)cc2F)c1. The lowest BCUT2D eigenvalue weighted by molar-refractivity contribution is -0.138. The lowest BCUT2D eigenvalue weighted by atomic mass is 10.0. The zero-order chi connectivity index (χ0) is 16.3. The molecule has 22 heavy (non-hydrogen) atoms. The summed E-state index contributed by atoms with van der Waals surface area (Å²) in [6, 6.07) is 4.21. The maximum absolute atomic E-state index is 13.7. The van der Waals surface area contributed by atoms with Crippen molar-refractivity contribution in [1.29, 1.82) is 0 Å². The van der Waals surface area contributed by atoms with Crippen molar-refractivity contribution in [3.05, 3.63) is 71.8 Å². The predicted molar refractivity (Wildman–Crippen MR) is 71.7 cm³/mol. The van der Waals surface area contributed by atoms with Crippen molar-refractivity contribution in [2.24, 2.45) is 0 Å². The van der Waals surface area contributed by atoms with E-state index in [1.165, 1.54) is 6.07 Å². The molecule has 0 spiro atoms. The van der Waals surface area contributed by atoms with Crippen LogP contribution in [0.4, 0.5) is 17.6 Å². The molecule has 2 rings (SSSR count). The summed E-state index contributed by atoms with van der Waals surface area (Å²) in [5.74, 6) is -4.88. The molecule has 0 aliphatic heterocycles. The van der Waals surface area contributed by atoms with Gasteiger partial charge in [0.15, 0.2) is 0 Å².